The number of carbonyl (C=O) groups is 3. The fourth-order valence-electron chi connectivity index (χ4n) is 2.10. The average molecular weight is 352 g/mol. The van der Waals surface area contributed by atoms with Gasteiger partial charge in [0, 0.05) is 32.4 Å². The molecule has 0 radical (unpaired) electrons. The van der Waals surface area contributed by atoms with E-state index >= 15 is 0 Å². The van der Waals surface area contributed by atoms with E-state index in [9.17, 15) is 18.8 Å². The van der Waals surface area contributed by atoms with Crippen LogP contribution in [0.15, 0.2) is 24.3 Å². The number of nitrogens with one attached hydrogen (secondary N) is 3. The van der Waals surface area contributed by atoms with E-state index in [-0.39, 0.29) is 48.6 Å². The number of hydrazine groups is 1. The lowest BCUT2D eigenvalue weighted by Gasteiger charge is -2.14. The van der Waals surface area contributed by atoms with Crippen molar-refractivity contribution in [1.82, 2.24) is 21.1 Å². The number of benzene rings is 1. The number of carbonyl (C=O) groups excluding carboxylic acids is 3. The maximum atomic E-state index is 12.8. The molecule has 9 heteroatoms. The number of halogens is 1. The minimum atomic E-state index is -0.395. The molecule has 1 saturated heterocycles. The van der Waals surface area contributed by atoms with Crippen molar-refractivity contribution in [2.24, 2.45) is 0 Å². The normalized spacial score (nSPS) is 13.8. The zero-order valence-electron chi connectivity index (χ0n) is 12.8. The van der Waals surface area contributed by atoms with E-state index in [2.05, 4.69) is 16.2 Å². The zero-order valence-corrected chi connectivity index (χ0v) is 13.6. The number of thiocarbonyl (C=S) groups is 1. The molecule has 0 unspecified atom stereocenters. The van der Waals surface area contributed by atoms with Crippen molar-refractivity contribution in [1.29, 1.82) is 0 Å². The van der Waals surface area contributed by atoms with Crippen molar-refractivity contribution in [3.05, 3.63) is 35.6 Å². The molecule has 3 N–H and O–H groups in total. The number of rotatable bonds is 5. The van der Waals surface area contributed by atoms with Crippen LogP contribution in [0.1, 0.15) is 24.8 Å². The van der Waals surface area contributed by atoms with Gasteiger partial charge < -0.3 is 5.32 Å². The molecule has 1 aliphatic rings. The molecule has 1 aromatic rings. The average Bonchev–Trinajstić information content (AvgIpc) is 2.89. The Morgan fingerprint density at radius 1 is 1.12 bits per heavy atom. The van der Waals surface area contributed by atoms with Gasteiger partial charge in [-0.25, -0.2) is 4.39 Å². The molecular weight excluding hydrogens is 335 g/mol. The number of imide groups is 1. The lowest BCUT2D eigenvalue weighted by atomic mass is 10.2. The molecule has 0 spiro atoms. The molecule has 128 valence electrons. The molecule has 24 heavy (non-hydrogen) atoms. The molecule has 3 amide bonds. The molecule has 1 aliphatic heterocycles. The fourth-order valence-corrected chi connectivity index (χ4v) is 2.23. The monoisotopic (exact) mass is 352 g/mol. The summed E-state index contributed by atoms with van der Waals surface area (Å²) >= 11 is 5.00. The standard InChI is InChI=1S/C15H17FN4O3S/c16-11-3-1-10(2-4-11)9-17-15(24)19-18-12(21)7-8-20-13(22)5-6-14(20)23/h1-4H,5-9H2,(H,18,21)(H2,17,19,24). The van der Waals surface area contributed by atoms with Crippen LogP contribution in [-0.4, -0.2) is 34.3 Å². The van der Waals surface area contributed by atoms with Gasteiger partial charge in [0.05, 0.1) is 0 Å². The maximum Gasteiger partial charge on any atom is 0.240 e. The van der Waals surface area contributed by atoms with Crippen LogP contribution in [-0.2, 0) is 20.9 Å². The molecule has 1 heterocycles. The summed E-state index contributed by atoms with van der Waals surface area (Å²) in [6.45, 7) is 0.430. The van der Waals surface area contributed by atoms with Crippen molar-refractivity contribution in [2.75, 3.05) is 6.54 Å². The predicted molar refractivity (Wildman–Crippen MR) is 87.7 cm³/mol. The van der Waals surface area contributed by atoms with E-state index in [1.54, 1.807) is 12.1 Å². The highest BCUT2D eigenvalue weighted by Crippen LogP contribution is 2.11. The molecule has 1 fully saturated rings. The highest BCUT2D eigenvalue weighted by molar-refractivity contribution is 7.80. The minimum absolute atomic E-state index is 0.00887. The van der Waals surface area contributed by atoms with Gasteiger partial charge in [0.15, 0.2) is 5.11 Å². The third-order valence-electron chi connectivity index (χ3n) is 3.40. The Morgan fingerprint density at radius 3 is 2.38 bits per heavy atom. The first-order chi connectivity index (χ1) is 11.5. The summed E-state index contributed by atoms with van der Waals surface area (Å²) in [7, 11) is 0. The van der Waals surface area contributed by atoms with Crippen molar-refractivity contribution in [3.63, 3.8) is 0 Å². The second-order valence-electron chi connectivity index (χ2n) is 5.17. The van der Waals surface area contributed by atoms with E-state index in [1.165, 1.54) is 12.1 Å². The predicted octanol–water partition coefficient (Wildman–Crippen LogP) is 0.360. The maximum absolute atomic E-state index is 12.8. The number of hydrogen-bond acceptors (Lipinski definition) is 4. The highest BCUT2D eigenvalue weighted by atomic mass is 32.1. The summed E-state index contributed by atoms with van der Waals surface area (Å²) < 4.78 is 12.8. The summed E-state index contributed by atoms with van der Waals surface area (Å²) in [5.41, 5.74) is 5.73. The molecule has 0 bridgehead atoms. The highest BCUT2D eigenvalue weighted by Gasteiger charge is 2.28. The summed E-state index contributed by atoms with van der Waals surface area (Å²) in [4.78, 5) is 35.6. The van der Waals surface area contributed by atoms with Crippen molar-refractivity contribution in [3.8, 4) is 0 Å². The molecule has 1 aromatic carbocycles. The van der Waals surface area contributed by atoms with Crippen molar-refractivity contribution < 1.29 is 18.8 Å². The van der Waals surface area contributed by atoms with Gasteiger partial charge in [-0.1, -0.05) is 12.1 Å². The van der Waals surface area contributed by atoms with Gasteiger partial charge in [0.1, 0.15) is 5.82 Å². The van der Waals surface area contributed by atoms with Crippen LogP contribution in [0.25, 0.3) is 0 Å². The van der Waals surface area contributed by atoms with Crippen LogP contribution in [0.4, 0.5) is 4.39 Å². The topological polar surface area (TPSA) is 90.5 Å². The Hall–Kier alpha value is -2.55. The number of nitrogens with zero attached hydrogens (tertiary/aromatic N) is 1. The molecule has 0 aliphatic carbocycles. The van der Waals surface area contributed by atoms with Crippen LogP contribution in [0.2, 0.25) is 0 Å². The fraction of sp³-hybridized carbons (Fsp3) is 0.333. The summed E-state index contributed by atoms with van der Waals surface area (Å²) in [6, 6.07) is 5.92. The smallest absolute Gasteiger partial charge is 0.240 e. The van der Waals surface area contributed by atoms with Gasteiger partial charge >= 0.3 is 0 Å². The molecule has 0 aromatic heterocycles. The SMILES string of the molecule is O=C(CCN1C(=O)CCC1=O)NNC(=S)NCc1ccc(F)cc1. The number of amides is 3. The van der Waals surface area contributed by atoms with Gasteiger partial charge in [0.2, 0.25) is 17.7 Å². The second-order valence-corrected chi connectivity index (χ2v) is 5.58. The Kier molecular flexibility index (Phi) is 6.19. The van der Waals surface area contributed by atoms with Crippen molar-refractivity contribution >= 4 is 35.1 Å². The van der Waals surface area contributed by atoms with Crippen LogP contribution in [0.5, 0.6) is 0 Å². The van der Waals surface area contributed by atoms with Gasteiger partial charge in [0.25, 0.3) is 0 Å². The molecular formula is C15H17FN4O3S. The zero-order chi connectivity index (χ0) is 17.5. The third kappa shape index (κ3) is 5.27. The quantitative estimate of drug-likeness (QED) is 0.403. The van der Waals surface area contributed by atoms with E-state index < -0.39 is 5.91 Å². The van der Waals surface area contributed by atoms with Gasteiger partial charge in [-0.3, -0.25) is 30.1 Å². The number of hydrogen-bond donors (Lipinski definition) is 3. The first kappa shape index (κ1) is 17.8. The molecule has 7 nitrogen and oxygen atoms in total. The molecule has 2 rings (SSSR count). The first-order valence-corrected chi connectivity index (χ1v) is 7.77. The van der Waals surface area contributed by atoms with Crippen LogP contribution in [0.3, 0.4) is 0 Å². The summed E-state index contributed by atoms with van der Waals surface area (Å²) in [5.74, 6) is -1.22. The second kappa shape index (κ2) is 8.34. The van der Waals surface area contributed by atoms with Crippen LogP contribution < -0.4 is 16.2 Å². The third-order valence-corrected chi connectivity index (χ3v) is 3.65. The summed E-state index contributed by atoms with van der Waals surface area (Å²) in [6.07, 6.45) is 0.400. The number of likely N-dealkylation sites (tertiary alicyclic amines) is 1. The Bertz CT molecular complexity index is 635. The molecule has 0 saturated carbocycles. The summed E-state index contributed by atoms with van der Waals surface area (Å²) in [5, 5.41) is 3.04. The lowest BCUT2D eigenvalue weighted by Crippen LogP contribution is -2.47. The van der Waals surface area contributed by atoms with E-state index in [0.717, 1.165) is 10.5 Å². The van der Waals surface area contributed by atoms with Gasteiger partial charge in [-0.15, -0.1) is 0 Å². The Morgan fingerprint density at radius 2 is 1.75 bits per heavy atom. The van der Waals surface area contributed by atoms with E-state index in [4.69, 9.17) is 12.2 Å². The van der Waals surface area contributed by atoms with Gasteiger partial charge in [-0.2, -0.15) is 0 Å². The minimum Gasteiger partial charge on any atom is -0.357 e. The Labute approximate surface area is 143 Å². The van der Waals surface area contributed by atoms with Crippen molar-refractivity contribution in [2.45, 2.75) is 25.8 Å². The van der Waals surface area contributed by atoms with E-state index in [1.807, 2.05) is 0 Å². The largest absolute Gasteiger partial charge is 0.357 e. The Balaban J connectivity index is 1.64. The van der Waals surface area contributed by atoms with Crippen LogP contribution in [0, 0.1) is 5.82 Å². The van der Waals surface area contributed by atoms with E-state index in [0.29, 0.717) is 6.54 Å². The molecule has 0 atom stereocenters. The first-order valence-electron chi connectivity index (χ1n) is 7.36. The lowest BCUT2D eigenvalue weighted by molar-refractivity contribution is -0.138. The van der Waals surface area contributed by atoms with Gasteiger partial charge in [-0.05, 0) is 29.9 Å². The van der Waals surface area contributed by atoms with Crippen LogP contribution >= 0.6 is 12.2 Å².